The Hall–Kier alpha value is -1.17. The maximum Gasteiger partial charge on any atom is 0.248 e. The molecule has 1 aromatic heterocycles. The van der Waals surface area contributed by atoms with Gasteiger partial charge in [0.2, 0.25) is 5.92 Å². The van der Waals surface area contributed by atoms with E-state index in [-0.39, 0.29) is 18.8 Å². The Morgan fingerprint density at radius 2 is 2.16 bits per heavy atom. The zero-order chi connectivity index (χ0) is 14.0. The number of methoxy groups -OCH3 is 1. The van der Waals surface area contributed by atoms with Crippen molar-refractivity contribution < 1.29 is 18.6 Å². The van der Waals surface area contributed by atoms with Gasteiger partial charge in [-0.05, 0) is 25.7 Å². The Bertz CT molecular complexity index is 403. The number of aliphatic hydroxyl groups excluding tert-OH is 1. The van der Waals surface area contributed by atoms with E-state index in [2.05, 4.69) is 5.10 Å². The lowest BCUT2D eigenvalue weighted by Crippen LogP contribution is -2.28. The van der Waals surface area contributed by atoms with E-state index in [0.717, 1.165) is 0 Å². The summed E-state index contributed by atoms with van der Waals surface area (Å²) in [6.07, 6.45) is 1.10. The van der Waals surface area contributed by atoms with Crippen LogP contribution in [0.5, 0.6) is 5.75 Å². The number of rotatable bonds is 4. The minimum atomic E-state index is -2.58. The molecule has 1 unspecified atom stereocenters. The van der Waals surface area contributed by atoms with Gasteiger partial charge in [-0.3, -0.25) is 4.68 Å². The molecule has 1 heterocycles. The fourth-order valence-electron chi connectivity index (χ4n) is 2.69. The molecule has 1 aliphatic carbocycles. The number of nitrogens with zero attached hydrogens (tertiary/aromatic N) is 2. The number of hydrogen-bond acceptors (Lipinski definition) is 3. The van der Waals surface area contributed by atoms with Gasteiger partial charge in [-0.2, -0.15) is 5.10 Å². The van der Waals surface area contributed by atoms with E-state index in [0.29, 0.717) is 30.8 Å². The summed E-state index contributed by atoms with van der Waals surface area (Å²) < 4.78 is 33.2. The maximum atomic E-state index is 13.2. The van der Waals surface area contributed by atoms with E-state index in [1.54, 1.807) is 10.9 Å². The molecule has 0 bridgehead atoms. The molecule has 0 amide bonds. The van der Waals surface area contributed by atoms with E-state index in [1.165, 1.54) is 7.11 Å². The minimum absolute atomic E-state index is 0.155. The van der Waals surface area contributed by atoms with Crippen molar-refractivity contribution >= 4 is 0 Å². The SMILES string of the molecule is CCn1ncc(OC)c1C(O)C1CCC(F)(F)CC1. The number of aliphatic hydroxyl groups is 1. The quantitative estimate of drug-likeness (QED) is 0.918. The normalized spacial score (nSPS) is 21.3. The summed E-state index contributed by atoms with van der Waals surface area (Å²) in [5.41, 5.74) is 0.597. The monoisotopic (exact) mass is 274 g/mol. The highest BCUT2D eigenvalue weighted by Crippen LogP contribution is 2.42. The Kier molecular flexibility index (Phi) is 4.08. The molecule has 108 valence electrons. The third kappa shape index (κ3) is 2.88. The van der Waals surface area contributed by atoms with Crippen molar-refractivity contribution in [3.63, 3.8) is 0 Å². The highest BCUT2D eigenvalue weighted by Gasteiger charge is 2.39. The summed E-state index contributed by atoms with van der Waals surface area (Å²) in [7, 11) is 1.52. The Labute approximate surface area is 111 Å². The summed E-state index contributed by atoms with van der Waals surface area (Å²) in [4.78, 5) is 0. The van der Waals surface area contributed by atoms with Crippen molar-refractivity contribution in [2.24, 2.45) is 5.92 Å². The zero-order valence-corrected chi connectivity index (χ0v) is 11.3. The van der Waals surface area contributed by atoms with Crippen LogP contribution in [0, 0.1) is 5.92 Å². The van der Waals surface area contributed by atoms with Gasteiger partial charge in [0.15, 0.2) is 5.75 Å². The number of ether oxygens (including phenoxy) is 1. The first-order valence-electron chi connectivity index (χ1n) is 6.64. The molecule has 1 aliphatic rings. The average molecular weight is 274 g/mol. The van der Waals surface area contributed by atoms with E-state index >= 15 is 0 Å². The molecular formula is C13H20F2N2O2. The lowest BCUT2D eigenvalue weighted by molar-refractivity contribution is -0.0638. The highest BCUT2D eigenvalue weighted by molar-refractivity contribution is 5.27. The largest absolute Gasteiger partial charge is 0.493 e. The number of alkyl halides is 2. The Balaban J connectivity index is 2.15. The maximum absolute atomic E-state index is 13.2. The second kappa shape index (κ2) is 5.45. The van der Waals surface area contributed by atoms with Crippen molar-refractivity contribution in [1.29, 1.82) is 0 Å². The first-order valence-corrected chi connectivity index (χ1v) is 6.64. The summed E-state index contributed by atoms with van der Waals surface area (Å²) in [6.45, 7) is 2.52. The van der Waals surface area contributed by atoms with E-state index < -0.39 is 12.0 Å². The van der Waals surface area contributed by atoms with Crippen LogP contribution in [-0.2, 0) is 6.54 Å². The molecule has 0 saturated heterocycles. The van der Waals surface area contributed by atoms with Crippen LogP contribution in [0.2, 0.25) is 0 Å². The van der Waals surface area contributed by atoms with Crippen LogP contribution in [0.3, 0.4) is 0 Å². The number of halogens is 2. The summed E-state index contributed by atoms with van der Waals surface area (Å²) in [5.74, 6) is -2.21. The fourth-order valence-corrected chi connectivity index (χ4v) is 2.69. The molecule has 1 aromatic rings. The number of aromatic nitrogens is 2. The van der Waals surface area contributed by atoms with Crippen LogP contribution in [0.4, 0.5) is 8.78 Å². The van der Waals surface area contributed by atoms with Crippen LogP contribution in [0.25, 0.3) is 0 Å². The molecular weight excluding hydrogens is 254 g/mol. The summed E-state index contributed by atoms with van der Waals surface area (Å²) in [5, 5.41) is 14.6. The van der Waals surface area contributed by atoms with Gasteiger partial charge < -0.3 is 9.84 Å². The van der Waals surface area contributed by atoms with Gasteiger partial charge >= 0.3 is 0 Å². The zero-order valence-electron chi connectivity index (χ0n) is 11.3. The predicted octanol–water partition coefficient (Wildman–Crippen LogP) is 2.77. The van der Waals surface area contributed by atoms with Gasteiger partial charge in [0, 0.05) is 19.4 Å². The van der Waals surface area contributed by atoms with E-state index in [9.17, 15) is 13.9 Å². The first-order chi connectivity index (χ1) is 8.98. The summed E-state index contributed by atoms with van der Waals surface area (Å²) in [6, 6.07) is 0. The lowest BCUT2D eigenvalue weighted by atomic mass is 9.82. The van der Waals surface area contributed by atoms with Crippen LogP contribution in [-0.4, -0.2) is 27.9 Å². The van der Waals surface area contributed by atoms with Gasteiger partial charge in [-0.25, -0.2) is 8.78 Å². The highest BCUT2D eigenvalue weighted by atomic mass is 19.3. The summed E-state index contributed by atoms with van der Waals surface area (Å²) >= 11 is 0. The number of hydrogen-bond donors (Lipinski definition) is 1. The second-order valence-corrected chi connectivity index (χ2v) is 5.05. The van der Waals surface area contributed by atoms with Crippen LogP contribution < -0.4 is 4.74 Å². The molecule has 0 aliphatic heterocycles. The van der Waals surface area contributed by atoms with Gasteiger partial charge in [0.05, 0.1) is 13.3 Å². The molecule has 1 saturated carbocycles. The topological polar surface area (TPSA) is 47.3 Å². The van der Waals surface area contributed by atoms with Gasteiger partial charge in [0.1, 0.15) is 11.8 Å². The van der Waals surface area contributed by atoms with E-state index in [1.807, 2.05) is 6.92 Å². The lowest BCUT2D eigenvalue weighted by Gasteiger charge is -2.31. The Morgan fingerprint density at radius 3 is 2.68 bits per heavy atom. The number of aryl methyl sites for hydroxylation is 1. The third-order valence-electron chi connectivity index (χ3n) is 3.85. The molecule has 19 heavy (non-hydrogen) atoms. The van der Waals surface area contributed by atoms with Crippen LogP contribution in [0.15, 0.2) is 6.20 Å². The molecule has 0 radical (unpaired) electrons. The van der Waals surface area contributed by atoms with Crippen LogP contribution >= 0.6 is 0 Å². The average Bonchev–Trinajstić information content (AvgIpc) is 2.80. The third-order valence-corrected chi connectivity index (χ3v) is 3.85. The first kappa shape index (κ1) is 14.2. The molecule has 4 nitrogen and oxygen atoms in total. The van der Waals surface area contributed by atoms with Gasteiger partial charge in [-0.15, -0.1) is 0 Å². The molecule has 1 fully saturated rings. The Morgan fingerprint density at radius 1 is 1.53 bits per heavy atom. The molecule has 1 atom stereocenters. The standard InChI is InChI=1S/C13H20F2N2O2/c1-3-17-11(10(19-2)8-16-17)12(18)9-4-6-13(14,15)7-5-9/h8-9,12,18H,3-7H2,1-2H3. The molecule has 6 heteroatoms. The van der Waals surface area contributed by atoms with Crippen molar-refractivity contribution in [2.75, 3.05) is 7.11 Å². The minimum Gasteiger partial charge on any atom is -0.493 e. The molecule has 0 aromatic carbocycles. The van der Waals surface area contributed by atoms with Gasteiger partial charge in [0.25, 0.3) is 0 Å². The van der Waals surface area contributed by atoms with Gasteiger partial charge in [-0.1, -0.05) is 0 Å². The fraction of sp³-hybridized carbons (Fsp3) is 0.769. The van der Waals surface area contributed by atoms with Crippen molar-refractivity contribution in [2.45, 2.75) is 51.2 Å². The van der Waals surface area contributed by atoms with Crippen molar-refractivity contribution in [1.82, 2.24) is 9.78 Å². The van der Waals surface area contributed by atoms with Crippen LogP contribution in [0.1, 0.15) is 44.4 Å². The predicted molar refractivity (Wildman–Crippen MR) is 66.3 cm³/mol. The van der Waals surface area contributed by atoms with Crippen molar-refractivity contribution in [3.8, 4) is 5.75 Å². The molecule has 1 N–H and O–H groups in total. The second-order valence-electron chi connectivity index (χ2n) is 5.05. The van der Waals surface area contributed by atoms with Crippen molar-refractivity contribution in [3.05, 3.63) is 11.9 Å². The molecule has 2 rings (SSSR count). The van der Waals surface area contributed by atoms with E-state index in [4.69, 9.17) is 4.74 Å². The molecule has 0 spiro atoms. The smallest absolute Gasteiger partial charge is 0.248 e.